The molecule has 0 spiro atoms. The van der Waals surface area contributed by atoms with Gasteiger partial charge in [0, 0.05) is 22.7 Å². The number of hydrogen-bond acceptors (Lipinski definition) is 3. The molecule has 3 N–H and O–H groups in total. The van der Waals surface area contributed by atoms with Crippen molar-refractivity contribution in [2.75, 3.05) is 17.6 Å². The molecule has 2 rings (SSSR count). The van der Waals surface area contributed by atoms with Gasteiger partial charge < -0.3 is 11.1 Å². The second-order valence-corrected chi connectivity index (χ2v) is 6.73. The topological polar surface area (TPSA) is 38.0 Å². The first kappa shape index (κ1) is 14.7. The summed E-state index contributed by atoms with van der Waals surface area (Å²) >= 11 is 7.00. The predicted molar refractivity (Wildman–Crippen MR) is 89.2 cm³/mol. The van der Waals surface area contributed by atoms with Crippen molar-refractivity contribution in [1.29, 1.82) is 0 Å². The monoisotopic (exact) mass is 294 g/mol. The van der Waals surface area contributed by atoms with Gasteiger partial charge in [-0.25, -0.2) is 0 Å². The molecule has 1 aromatic rings. The molecular weight excluding hydrogens is 272 g/mol. The van der Waals surface area contributed by atoms with Gasteiger partial charge in [-0.1, -0.05) is 44.5 Å². The van der Waals surface area contributed by atoms with E-state index in [9.17, 15) is 0 Å². The van der Waals surface area contributed by atoms with Crippen molar-refractivity contribution in [3.05, 3.63) is 23.8 Å². The average molecular weight is 294 g/mol. The average Bonchev–Trinajstić information content (AvgIpc) is 2.32. The highest BCUT2D eigenvalue weighted by Crippen LogP contribution is 2.31. The van der Waals surface area contributed by atoms with Crippen molar-refractivity contribution in [2.45, 2.75) is 37.5 Å². The number of hydrogen-bond donors (Lipinski definition) is 2. The van der Waals surface area contributed by atoms with E-state index in [0.717, 1.165) is 29.5 Å². The molecule has 19 heavy (non-hydrogen) atoms. The van der Waals surface area contributed by atoms with Crippen LogP contribution in [0.4, 0.5) is 5.69 Å². The Bertz CT molecular complexity index is 442. The quantitative estimate of drug-likeness (QED) is 0.588. The molecule has 104 valence electrons. The zero-order valence-electron chi connectivity index (χ0n) is 11.4. The smallest absolute Gasteiger partial charge is 0.107 e. The van der Waals surface area contributed by atoms with Crippen molar-refractivity contribution in [3.63, 3.8) is 0 Å². The van der Waals surface area contributed by atoms with Crippen LogP contribution < -0.4 is 11.1 Å². The molecule has 0 aromatic heterocycles. The van der Waals surface area contributed by atoms with Crippen LogP contribution in [0.5, 0.6) is 0 Å². The van der Waals surface area contributed by atoms with Crippen LogP contribution in [0, 0.1) is 5.92 Å². The van der Waals surface area contributed by atoms with Gasteiger partial charge in [-0.05, 0) is 30.2 Å². The molecule has 1 fully saturated rings. The molecule has 0 atom stereocenters. The van der Waals surface area contributed by atoms with Crippen molar-refractivity contribution < 1.29 is 0 Å². The van der Waals surface area contributed by atoms with Gasteiger partial charge in [0.15, 0.2) is 0 Å². The van der Waals surface area contributed by atoms with Crippen LogP contribution in [0.25, 0.3) is 0 Å². The second-order valence-electron chi connectivity index (χ2n) is 4.99. The van der Waals surface area contributed by atoms with Gasteiger partial charge in [-0.3, -0.25) is 0 Å². The summed E-state index contributed by atoms with van der Waals surface area (Å²) in [4.78, 5) is 1.67. The normalized spacial score (nSPS) is 15.0. The van der Waals surface area contributed by atoms with E-state index in [-0.39, 0.29) is 0 Å². The third-order valence-electron chi connectivity index (χ3n) is 3.67. The Morgan fingerprint density at radius 1 is 1.47 bits per heavy atom. The van der Waals surface area contributed by atoms with Gasteiger partial charge in [0.05, 0.1) is 0 Å². The summed E-state index contributed by atoms with van der Waals surface area (Å²) < 4.78 is 0. The lowest BCUT2D eigenvalue weighted by atomic mass is 9.83. The minimum atomic E-state index is 0.489. The van der Waals surface area contributed by atoms with E-state index in [1.807, 2.05) is 0 Å². The van der Waals surface area contributed by atoms with Crippen LogP contribution in [-0.4, -0.2) is 17.3 Å². The molecular formula is C15H22N2S2. The van der Waals surface area contributed by atoms with E-state index >= 15 is 0 Å². The number of thiocarbonyl (C=S) groups is 1. The zero-order valence-corrected chi connectivity index (χ0v) is 13.1. The molecule has 1 aliphatic carbocycles. The summed E-state index contributed by atoms with van der Waals surface area (Å²) in [5.41, 5.74) is 7.99. The third kappa shape index (κ3) is 3.86. The van der Waals surface area contributed by atoms with Crippen LogP contribution in [0.15, 0.2) is 23.1 Å². The molecule has 0 heterocycles. The lowest BCUT2D eigenvalue weighted by Gasteiger charge is -2.25. The summed E-state index contributed by atoms with van der Waals surface area (Å²) in [6.45, 7) is 3.16. The van der Waals surface area contributed by atoms with Crippen LogP contribution in [0.3, 0.4) is 0 Å². The maximum Gasteiger partial charge on any atom is 0.107 e. The zero-order chi connectivity index (χ0) is 13.7. The number of benzene rings is 1. The Morgan fingerprint density at radius 3 is 2.84 bits per heavy atom. The molecule has 0 radical (unpaired) electrons. The van der Waals surface area contributed by atoms with E-state index in [4.69, 9.17) is 18.0 Å². The second kappa shape index (κ2) is 7.15. The van der Waals surface area contributed by atoms with Gasteiger partial charge in [-0.15, -0.1) is 11.8 Å². The number of nitrogens with one attached hydrogen (secondary N) is 1. The van der Waals surface area contributed by atoms with Crippen molar-refractivity contribution in [2.24, 2.45) is 11.7 Å². The molecule has 1 saturated carbocycles. The minimum Gasteiger partial charge on any atom is -0.389 e. The van der Waals surface area contributed by atoms with E-state index in [2.05, 4.69) is 30.4 Å². The minimum absolute atomic E-state index is 0.489. The Kier molecular flexibility index (Phi) is 5.52. The van der Waals surface area contributed by atoms with E-state index in [0.29, 0.717) is 4.99 Å². The molecule has 2 nitrogen and oxygen atoms in total. The van der Waals surface area contributed by atoms with Gasteiger partial charge in [0.1, 0.15) is 4.99 Å². The predicted octanol–water partition coefficient (Wildman–Crippen LogP) is 4.03. The first-order valence-corrected chi connectivity index (χ1v) is 8.41. The number of rotatable bonds is 7. The Morgan fingerprint density at radius 2 is 2.26 bits per heavy atom. The first-order chi connectivity index (χ1) is 9.22. The fourth-order valence-electron chi connectivity index (χ4n) is 2.40. The third-order valence-corrected chi connectivity index (χ3v) is 4.81. The maximum absolute atomic E-state index is 5.89. The summed E-state index contributed by atoms with van der Waals surface area (Å²) in [6, 6.07) is 6.25. The first-order valence-electron chi connectivity index (χ1n) is 7.02. The molecule has 0 saturated heterocycles. The molecule has 0 amide bonds. The molecule has 1 aliphatic rings. The summed E-state index contributed by atoms with van der Waals surface area (Å²) in [5.74, 6) is 1.95. The van der Waals surface area contributed by atoms with Gasteiger partial charge in [0.25, 0.3) is 0 Å². The maximum atomic E-state index is 5.89. The van der Waals surface area contributed by atoms with Crippen molar-refractivity contribution >= 4 is 34.7 Å². The number of anilines is 1. The SMILES string of the molecule is CCSc1cccc(NCCC2CCC2)c1C(N)=S. The van der Waals surface area contributed by atoms with Crippen LogP contribution in [0.1, 0.15) is 38.2 Å². The Balaban J connectivity index is 2.04. The number of thioether (sulfide) groups is 1. The fraction of sp³-hybridized carbons (Fsp3) is 0.533. The van der Waals surface area contributed by atoms with E-state index < -0.39 is 0 Å². The lowest BCUT2D eigenvalue weighted by Crippen LogP contribution is -2.18. The Hall–Kier alpha value is -0.740. The molecule has 0 aliphatic heterocycles. The van der Waals surface area contributed by atoms with Crippen LogP contribution in [-0.2, 0) is 0 Å². The number of nitrogens with two attached hydrogens (primary N) is 1. The van der Waals surface area contributed by atoms with Gasteiger partial charge in [0.2, 0.25) is 0 Å². The highest BCUT2D eigenvalue weighted by molar-refractivity contribution is 7.99. The molecule has 0 bridgehead atoms. The summed E-state index contributed by atoms with van der Waals surface area (Å²) in [7, 11) is 0. The van der Waals surface area contributed by atoms with Crippen molar-refractivity contribution in [3.8, 4) is 0 Å². The van der Waals surface area contributed by atoms with Gasteiger partial charge >= 0.3 is 0 Å². The highest BCUT2D eigenvalue weighted by atomic mass is 32.2. The molecule has 4 heteroatoms. The molecule has 1 aromatic carbocycles. The van der Waals surface area contributed by atoms with Crippen LogP contribution >= 0.6 is 24.0 Å². The van der Waals surface area contributed by atoms with E-state index in [1.54, 1.807) is 11.8 Å². The van der Waals surface area contributed by atoms with Crippen LogP contribution in [0.2, 0.25) is 0 Å². The summed E-state index contributed by atoms with van der Waals surface area (Å²) in [6.07, 6.45) is 5.46. The molecule has 0 unspecified atom stereocenters. The van der Waals surface area contributed by atoms with Gasteiger partial charge in [-0.2, -0.15) is 0 Å². The van der Waals surface area contributed by atoms with Crippen molar-refractivity contribution in [1.82, 2.24) is 0 Å². The summed E-state index contributed by atoms with van der Waals surface area (Å²) in [5, 5.41) is 3.51. The largest absolute Gasteiger partial charge is 0.389 e. The highest BCUT2D eigenvalue weighted by Gasteiger charge is 2.17. The fourth-order valence-corrected chi connectivity index (χ4v) is 3.54. The van der Waals surface area contributed by atoms with E-state index in [1.165, 1.54) is 30.6 Å². The standard InChI is InChI=1S/C15H22N2S2/c1-2-19-13-8-4-7-12(14(13)15(16)18)17-10-9-11-5-3-6-11/h4,7-8,11,17H,2-3,5-6,9-10H2,1H3,(H2,16,18). The lowest BCUT2D eigenvalue weighted by molar-refractivity contribution is 0.303. The Labute approximate surface area is 125 Å².